The average molecular weight is 414 g/mol. The van der Waals surface area contributed by atoms with Gasteiger partial charge in [0.05, 0.1) is 24.6 Å². The zero-order valence-electron chi connectivity index (χ0n) is 17.5. The number of hydrogen-bond donors (Lipinski definition) is 1. The minimum Gasteiger partial charge on any atom is -0.497 e. The zero-order valence-corrected chi connectivity index (χ0v) is 17.5. The fraction of sp³-hybridized carbons (Fsp3) is 0.167. The highest BCUT2D eigenvalue weighted by Gasteiger charge is 2.22. The van der Waals surface area contributed by atoms with E-state index in [1.165, 1.54) is 11.6 Å². The van der Waals surface area contributed by atoms with Gasteiger partial charge in [-0.2, -0.15) is 5.10 Å². The quantitative estimate of drug-likeness (QED) is 0.470. The SMILES string of the molecule is CCn1nc(-c2ccc(OC)cc2)c(C(C)=O)c(Nc2cncc3ccccc23)c1=O. The van der Waals surface area contributed by atoms with Gasteiger partial charge in [0.1, 0.15) is 17.1 Å². The highest BCUT2D eigenvalue weighted by molar-refractivity contribution is 6.06. The number of carbonyl (C=O) groups is 1. The van der Waals surface area contributed by atoms with Crippen LogP contribution < -0.4 is 15.6 Å². The predicted octanol–water partition coefficient (Wildman–Crippen LogP) is 4.43. The van der Waals surface area contributed by atoms with Crippen molar-refractivity contribution in [2.45, 2.75) is 20.4 Å². The van der Waals surface area contributed by atoms with E-state index in [1.54, 1.807) is 31.6 Å². The normalized spacial score (nSPS) is 10.8. The molecule has 2 heterocycles. The van der Waals surface area contributed by atoms with Crippen molar-refractivity contribution in [1.82, 2.24) is 14.8 Å². The maximum Gasteiger partial charge on any atom is 0.291 e. The number of nitrogens with zero attached hydrogens (tertiary/aromatic N) is 3. The lowest BCUT2D eigenvalue weighted by Gasteiger charge is -2.17. The number of pyridine rings is 1. The summed E-state index contributed by atoms with van der Waals surface area (Å²) in [6.07, 6.45) is 3.40. The van der Waals surface area contributed by atoms with E-state index in [1.807, 2.05) is 43.3 Å². The lowest BCUT2D eigenvalue weighted by atomic mass is 10.0. The molecule has 0 aliphatic carbocycles. The molecule has 7 nitrogen and oxygen atoms in total. The molecule has 0 atom stereocenters. The molecule has 0 bridgehead atoms. The highest BCUT2D eigenvalue weighted by Crippen LogP contribution is 2.30. The number of carbonyl (C=O) groups excluding carboxylic acids is 1. The van der Waals surface area contributed by atoms with Crippen LogP contribution >= 0.6 is 0 Å². The molecular weight excluding hydrogens is 392 g/mol. The van der Waals surface area contributed by atoms with E-state index in [-0.39, 0.29) is 22.6 Å². The van der Waals surface area contributed by atoms with E-state index in [0.29, 0.717) is 29.2 Å². The van der Waals surface area contributed by atoms with Gasteiger partial charge in [-0.25, -0.2) is 4.68 Å². The van der Waals surface area contributed by atoms with Crippen LogP contribution in [0.2, 0.25) is 0 Å². The molecule has 4 aromatic rings. The summed E-state index contributed by atoms with van der Waals surface area (Å²) in [7, 11) is 1.59. The number of Topliss-reactive ketones (excluding diaryl/α,β-unsaturated/α-hetero) is 1. The van der Waals surface area contributed by atoms with Crippen molar-refractivity contribution in [3.05, 3.63) is 76.8 Å². The summed E-state index contributed by atoms with van der Waals surface area (Å²) in [6, 6.07) is 15.0. The molecule has 0 radical (unpaired) electrons. The van der Waals surface area contributed by atoms with Gasteiger partial charge < -0.3 is 10.1 Å². The summed E-state index contributed by atoms with van der Waals surface area (Å²) in [5.41, 5.74) is 1.87. The monoisotopic (exact) mass is 414 g/mol. The second kappa shape index (κ2) is 8.39. The predicted molar refractivity (Wildman–Crippen MR) is 121 cm³/mol. The van der Waals surface area contributed by atoms with Crippen LogP contribution in [0.15, 0.2) is 65.7 Å². The Morgan fingerprint density at radius 3 is 2.52 bits per heavy atom. The first-order chi connectivity index (χ1) is 15.0. The summed E-state index contributed by atoms with van der Waals surface area (Å²) in [6.45, 7) is 3.64. The van der Waals surface area contributed by atoms with E-state index in [0.717, 1.165) is 10.8 Å². The van der Waals surface area contributed by atoms with Crippen LogP contribution in [0.3, 0.4) is 0 Å². The Hall–Kier alpha value is -4.00. The Balaban J connectivity index is 1.96. The molecule has 2 aromatic carbocycles. The van der Waals surface area contributed by atoms with Gasteiger partial charge in [-0.05, 0) is 38.1 Å². The van der Waals surface area contributed by atoms with Crippen molar-refractivity contribution in [2.24, 2.45) is 0 Å². The molecule has 0 amide bonds. The Bertz CT molecular complexity index is 1320. The molecule has 0 aliphatic rings. The van der Waals surface area contributed by atoms with E-state index < -0.39 is 0 Å². The number of aromatic nitrogens is 3. The molecule has 0 fully saturated rings. The van der Waals surface area contributed by atoms with Crippen molar-refractivity contribution < 1.29 is 9.53 Å². The van der Waals surface area contributed by atoms with Crippen molar-refractivity contribution in [1.29, 1.82) is 0 Å². The topological polar surface area (TPSA) is 86.1 Å². The van der Waals surface area contributed by atoms with Gasteiger partial charge >= 0.3 is 0 Å². The lowest BCUT2D eigenvalue weighted by molar-refractivity contribution is 0.101. The first-order valence-electron chi connectivity index (χ1n) is 9.93. The summed E-state index contributed by atoms with van der Waals surface area (Å²) >= 11 is 0. The maximum atomic E-state index is 13.2. The Labute approximate surface area is 179 Å². The summed E-state index contributed by atoms with van der Waals surface area (Å²) < 4.78 is 6.58. The smallest absolute Gasteiger partial charge is 0.291 e. The minimum absolute atomic E-state index is 0.188. The summed E-state index contributed by atoms with van der Waals surface area (Å²) in [5, 5.41) is 9.51. The van der Waals surface area contributed by atoms with Gasteiger partial charge in [0.2, 0.25) is 0 Å². The minimum atomic E-state index is -0.363. The van der Waals surface area contributed by atoms with Gasteiger partial charge in [0.25, 0.3) is 5.56 Å². The first kappa shape index (κ1) is 20.3. The molecule has 0 unspecified atom stereocenters. The van der Waals surface area contributed by atoms with E-state index in [4.69, 9.17) is 4.74 Å². The number of anilines is 2. The fourth-order valence-electron chi connectivity index (χ4n) is 3.55. The molecule has 0 aliphatic heterocycles. The van der Waals surface area contributed by atoms with Crippen LogP contribution in [0, 0.1) is 0 Å². The van der Waals surface area contributed by atoms with E-state index >= 15 is 0 Å². The Morgan fingerprint density at radius 2 is 1.84 bits per heavy atom. The third-order valence-corrected chi connectivity index (χ3v) is 5.10. The molecule has 0 spiro atoms. The number of nitrogens with one attached hydrogen (secondary N) is 1. The number of benzene rings is 2. The Morgan fingerprint density at radius 1 is 1.10 bits per heavy atom. The Kier molecular flexibility index (Phi) is 5.49. The molecule has 0 saturated carbocycles. The number of aryl methyl sites for hydroxylation is 1. The molecule has 156 valence electrons. The third kappa shape index (κ3) is 3.77. The van der Waals surface area contributed by atoms with Gasteiger partial charge in [-0.1, -0.05) is 24.3 Å². The summed E-state index contributed by atoms with van der Waals surface area (Å²) in [4.78, 5) is 30.2. The molecule has 1 N–H and O–H groups in total. The molecular formula is C24H22N4O3. The van der Waals surface area contributed by atoms with Gasteiger partial charge in [-0.15, -0.1) is 0 Å². The fourth-order valence-corrected chi connectivity index (χ4v) is 3.55. The number of hydrogen-bond acceptors (Lipinski definition) is 6. The van der Waals surface area contributed by atoms with Crippen LogP contribution in [-0.4, -0.2) is 27.7 Å². The van der Waals surface area contributed by atoms with Crippen LogP contribution in [-0.2, 0) is 6.54 Å². The lowest BCUT2D eigenvalue weighted by Crippen LogP contribution is -2.28. The maximum absolute atomic E-state index is 13.2. The first-order valence-corrected chi connectivity index (χ1v) is 9.93. The van der Waals surface area contributed by atoms with Crippen molar-refractivity contribution in [3.63, 3.8) is 0 Å². The number of methoxy groups -OCH3 is 1. The number of ether oxygens (including phenoxy) is 1. The number of ketones is 1. The summed E-state index contributed by atoms with van der Waals surface area (Å²) in [5.74, 6) is 0.437. The largest absolute Gasteiger partial charge is 0.497 e. The van der Waals surface area contributed by atoms with Crippen molar-refractivity contribution in [3.8, 4) is 17.0 Å². The zero-order chi connectivity index (χ0) is 22.0. The van der Waals surface area contributed by atoms with Crippen molar-refractivity contribution in [2.75, 3.05) is 12.4 Å². The molecule has 4 rings (SSSR count). The van der Waals surface area contributed by atoms with Crippen LogP contribution in [0.5, 0.6) is 5.75 Å². The molecule has 31 heavy (non-hydrogen) atoms. The highest BCUT2D eigenvalue weighted by atomic mass is 16.5. The molecule has 2 aromatic heterocycles. The van der Waals surface area contributed by atoms with Crippen molar-refractivity contribution >= 4 is 27.9 Å². The van der Waals surface area contributed by atoms with E-state index in [9.17, 15) is 9.59 Å². The standard InChI is InChI=1S/C24H22N4O3/c1-4-28-24(30)23(26-20-14-25-13-17-7-5-6-8-19(17)20)21(15(2)29)22(27-28)16-9-11-18(31-3)12-10-16/h5-14,26H,4H2,1-3H3. The second-order valence-electron chi connectivity index (χ2n) is 7.04. The van der Waals surface area contributed by atoms with Gasteiger partial charge in [0, 0.05) is 29.1 Å². The third-order valence-electron chi connectivity index (χ3n) is 5.10. The van der Waals surface area contributed by atoms with Gasteiger partial charge in [-0.3, -0.25) is 14.6 Å². The molecule has 0 saturated heterocycles. The van der Waals surface area contributed by atoms with Crippen LogP contribution in [0.25, 0.3) is 22.0 Å². The van der Waals surface area contributed by atoms with Crippen LogP contribution in [0.1, 0.15) is 24.2 Å². The molecule has 7 heteroatoms. The van der Waals surface area contributed by atoms with E-state index in [2.05, 4.69) is 15.4 Å². The van der Waals surface area contributed by atoms with Gasteiger partial charge in [0.15, 0.2) is 5.78 Å². The number of fused-ring (bicyclic) bond motifs is 1. The second-order valence-corrected chi connectivity index (χ2v) is 7.04. The average Bonchev–Trinajstić information content (AvgIpc) is 2.80. The van der Waals surface area contributed by atoms with Crippen LogP contribution in [0.4, 0.5) is 11.4 Å². The number of rotatable bonds is 6.